The van der Waals surface area contributed by atoms with E-state index in [2.05, 4.69) is 26.9 Å². The van der Waals surface area contributed by atoms with Crippen molar-refractivity contribution in [3.63, 3.8) is 0 Å². The Labute approximate surface area is 119 Å². The Balaban J connectivity index is 2.40. The summed E-state index contributed by atoms with van der Waals surface area (Å²) in [6, 6.07) is 3.16. The van der Waals surface area contributed by atoms with Gasteiger partial charge in [0.25, 0.3) is 10.0 Å². The molecule has 2 aromatic rings. The lowest BCUT2D eigenvalue weighted by Crippen LogP contribution is -2.17. The third-order valence-corrected chi connectivity index (χ3v) is 3.89. The van der Waals surface area contributed by atoms with E-state index in [-0.39, 0.29) is 21.3 Å². The van der Waals surface area contributed by atoms with Crippen LogP contribution in [-0.2, 0) is 10.0 Å². The average Bonchev–Trinajstić information content (AvgIpc) is 2.39. The molecule has 0 bridgehead atoms. The van der Waals surface area contributed by atoms with E-state index >= 15 is 0 Å². The minimum atomic E-state index is -3.92. The van der Waals surface area contributed by atoms with Crippen molar-refractivity contribution in [2.45, 2.75) is 4.90 Å². The molecule has 2 rings (SSSR count). The maximum absolute atomic E-state index is 13.4. The summed E-state index contributed by atoms with van der Waals surface area (Å²) in [4.78, 5) is 7.12. The average molecular weight is 312 g/mol. The molecule has 0 aliphatic carbocycles. The zero-order valence-electron chi connectivity index (χ0n) is 9.95. The van der Waals surface area contributed by atoms with E-state index in [0.717, 1.165) is 18.2 Å². The fourth-order valence-corrected chi connectivity index (χ4v) is 2.58. The number of benzene rings is 1. The molecule has 9 heteroatoms. The first kappa shape index (κ1) is 14.3. The Morgan fingerprint density at radius 2 is 2.10 bits per heavy atom. The van der Waals surface area contributed by atoms with Gasteiger partial charge in [0.05, 0.1) is 11.1 Å². The molecule has 3 N–H and O–H groups in total. The van der Waals surface area contributed by atoms with Gasteiger partial charge in [-0.05, 0) is 18.2 Å². The summed E-state index contributed by atoms with van der Waals surface area (Å²) in [7, 11) is -3.92. The molecule has 0 saturated heterocycles. The highest BCUT2D eigenvalue weighted by atomic mass is 32.2. The molecule has 20 heavy (non-hydrogen) atoms. The van der Waals surface area contributed by atoms with Crippen LogP contribution in [0.1, 0.15) is 5.56 Å². The summed E-state index contributed by atoms with van der Waals surface area (Å²) < 4.78 is 39.8. The second-order valence-electron chi connectivity index (χ2n) is 3.70. The van der Waals surface area contributed by atoms with Crippen LogP contribution < -0.4 is 10.5 Å². The quantitative estimate of drug-likeness (QED) is 0.819. The van der Waals surface area contributed by atoms with Crippen LogP contribution in [0.25, 0.3) is 0 Å². The van der Waals surface area contributed by atoms with Crippen LogP contribution in [0.5, 0.6) is 0 Å². The monoisotopic (exact) mass is 312 g/mol. The summed E-state index contributed by atoms with van der Waals surface area (Å²) in [5.74, 6) is -0.635. The minimum Gasteiger partial charge on any atom is -0.389 e. The minimum absolute atomic E-state index is 0.0497. The molecule has 1 heterocycles. The Morgan fingerprint density at radius 3 is 2.70 bits per heavy atom. The number of nitrogens with one attached hydrogen (secondary N) is 1. The van der Waals surface area contributed by atoms with E-state index in [1.807, 2.05) is 0 Å². The maximum Gasteiger partial charge on any atom is 0.263 e. The number of hydrogen-bond acceptors (Lipinski definition) is 5. The molecular weight excluding hydrogens is 303 g/mol. The zero-order chi connectivity index (χ0) is 14.8. The zero-order valence-corrected chi connectivity index (χ0v) is 11.6. The highest BCUT2D eigenvalue weighted by molar-refractivity contribution is 7.92. The molecule has 1 aromatic heterocycles. The maximum atomic E-state index is 13.4. The molecule has 1 aromatic carbocycles. The van der Waals surface area contributed by atoms with Gasteiger partial charge < -0.3 is 5.73 Å². The normalized spacial score (nSPS) is 11.1. The fraction of sp³-hybridized carbons (Fsp3) is 0. The predicted molar refractivity (Wildman–Crippen MR) is 75.1 cm³/mol. The van der Waals surface area contributed by atoms with Gasteiger partial charge in [-0.1, -0.05) is 12.2 Å². The van der Waals surface area contributed by atoms with E-state index in [9.17, 15) is 12.8 Å². The van der Waals surface area contributed by atoms with Crippen LogP contribution in [0.4, 0.5) is 10.2 Å². The highest BCUT2D eigenvalue weighted by Gasteiger charge is 2.17. The molecule has 6 nitrogen and oxygen atoms in total. The van der Waals surface area contributed by atoms with E-state index in [0.29, 0.717) is 0 Å². The van der Waals surface area contributed by atoms with Crippen LogP contribution in [0.3, 0.4) is 0 Å². The Hall–Kier alpha value is -2.13. The Bertz CT molecular complexity index is 750. The summed E-state index contributed by atoms with van der Waals surface area (Å²) in [5, 5.41) is 0. The molecule has 0 unspecified atom stereocenters. The van der Waals surface area contributed by atoms with Crippen LogP contribution in [0, 0.1) is 5.82 Å². The molecule has 0 spiro atoms. The Morgan fingerprint density at radius 1 is 1.35 bits per heavy atom. The first-order chi connectivity index (χ1) is 9.40. The number of nitrogens with two attached hydrogens (primary N) is 1. The standard InChI is InChI=1S/C11H9FN4O2S2/c12-9-2-1-7(5-8(9)11(13)19)20(17,18)16-10-6-14-3-4-15-10/h1-6H,(H2,13,19)(H,15,16). The first-order valence-electron chi connectivity index (χ1n) is 5.28. The molecule has 0 saturated carbocycles. The van der Waals surface area contributed by atoms with Crippen molar-refractivity contribution in [1.82, 2.24) is 9.97 Å². The number of halogens is 1. The molecule has 0 radical (unpaired) electrons. The number of nitrogens with zero attached hydrogens (tertiary/aromatic N) is 2. The summed E-state index contributed by atoms with van der Waals surface area (Å²) in [5.41, 5.74) is 5.20. The van der Waals surface area contributed by atoms with Crippen LogP contribution in [0.15, 0.2) is 41.7 Å². The van der Waals surface area contributed by atoms with Crippen LogP contribution >= 0.6 is 12.2 Å². The van der Waals surface area contributed by atoms with Crippen molar-refractivity contribution < 1.29 is 12.8 Å². The largest absolute Gasteiger partial charge is 0.389 e. The van der Waals surface area contributed by atoms with Crippen LogP contribution in [-0.4, -0.2) is 23.4 Å². The molecule has 0 fully saturated rings. The lowest BCUT2D eigenvalue weighted by atomic mass is 10.2. The lowest BCUT2D eigenvalue weighted by molar-refractivity contribution is 0.599. The van der Waals surface area contributed by atoms with E-state index in [4.69, 9.17) is 5.73 Å². The van der Waals surface area contributed by atoms with Gasteiger partial charge in [0, 0.05) is 18.0 Å². The van der Waals surface area contributed by atoms with Crippen molar-refractivity contribution in [3.8, 4) is 0 Å². The highest BCUT2D eigenvalue weighted by Crippen LogP contribution is 2.17. The third-order valence-electron chi connectivity index (χ3n) is 2.32. The number of thiocarbonyl (C=S) groups is 1. The first-order valence-corrected chi connectivity index (χ1v) is 7.17. The van der Waals surface area contributed by atoms with E-state index in [1.165, 1.54) is 18.6 Å². The molecule has 0 aliphatic heterocycles. The van der Waals surface area contributed by atoms with Crippen molar-refractivity contribution in [3.05, 3.63) is 48.2 Å². The molecular formula is C11H9FN4O2S2. The predicted octanol–water partition coefficient (Wildman–Crippen LogP) is 1.05. The third kappa shape index (κ3) is 3.06. The van der Waals surface area contributed by atoms with Crippen molar-refractivity contribution in [1.29, 1.82) is 0 Å². The van der Waals surface area contributed by atoms with Crippen molar-refractivity contribution in [2.75, 3.05) is 4.72 Å². The van der Waals surface area contributed by atoms with Gasteiger partial charge >= 0.3 is 0 Å². The summed E-state index contributed by atoms with van der Waals surface area (Å²) in [6.45, 7) is 0. The number of aromatic nitrogens is 2. The molecule has 0 atom stereocenters. The van der Waals surface area contributed by atoms with Gasteiger partial charge in [0.1, 0.15) is 10.8 Å². The second kappa shape index (κ2) is 5.47. The van der Waals surface area contributed by atoms with Gasteiger partial charge in [-0.15, -0.1) is 0 Å². The Kier molecular flexibility index (Phi) is 3.91. The van der Waals surface area contributed by atoms with Crippen molar-refractivity contribution >= 4 is 33.0 Å². The number of rotatable bonds is 4. The lowest BCUT2D eigenvalue weighted by Gasteiger charge is -2.08. The summed E-state index contributed by atoms with van der Waals surface area (Å²) >= 11 is 4.66. The van der Waals surface area contributed by atoms with E-state index < -0.39 is 15.8 Å². The molecule has 104 valence electrons. The number of anilines is 1. The van der Waals surface area contributed by atoms with Gasteiger partial charge in [-0.3, -0.25) is 9.71 Å². The van der Waals surface area contributed by atoms with Crippen molar-refractivity contribution in [2.24, 2.45) is 5.73 Å². The second-order valence-corrected chi connectivity index (χ2v) is 5.82. The fourth-order valence-electron chi connectivity index (χ4n) is 1.41. The SMILES string of the molecule is NC(=S)c1cc(S(=O)(=O)Nc2cnccn2)ccc1F. The van der Waals surface area contributed by atoms with Gasteiger partial charge in [-0.25, -0.2) is 17.8 Å². The molecule has 0 aliphatic rings. The number of hydrogen-bond donors (Lipinski definition) is 2. The van der Waals surface area contributed by atoms with E-state index in [1.54, 1.807) is 0 Å². The summed E-state index contributed by atoms with van der Waals surface area (Å²) in [6.07, 6.45) is 3.99. The smallest absolute Gasteiger partial charge is 0.263 e. The molecule has 0 amide bonds. The van der Waals surface area contributed by atoms with Gasteiger partial charge in [-0.2, -0.15) is 0 Å². The van der Waals surface area contributed by atoms with Crippen LogP contribution in [0.2, 0.25) is 0 Å². The number of sulfonamides is 1. The van der Waals surface area contributed by atoms with Gasteiger partial charge in [0.15, 0.2) is 5.82 Å². The van der Waals surface area contributed by atoms with Gasteiger partial charge in [0.2, 0.25) is 0 Å². The topological polar surface area (TPSA) is 98.0 Å².